The molecule has 0 N–H and O–H groups in total. The number of ether oxygens (including phenoxy) is 2. The Morgan fingerprint density at radius 2 is 1.70 bits per heavy atom. The van der Waals surface area contributed by atoms with Crippen molar-refractivity contribution < 1.29 is 18.7 Å². The van der Waals surface area contributed by atoms with Crippen LogP contribution in [0.1, 0.15) is 66.3 Å². The Morgan fingerprint density at radius 1 is 0.953 bits per heavy atom. The molecule has 0 saturated carbocycles. The highest BCUT2D eigenvalue weighted by molar-refractivity contribution is 5.96. The van der Waals surface area contributed by atoms with Crippen LogP contribution in [0.4, 0.5) is 4.39 Å². The molecule has 7 nitrogen and oxygen atoms in total. The van der Waals surface area contributed by atoms with E-state index in [4.69, 9.17) is 9.47 Å². The van der Waals surface area contributed by atoms with Gasteiger partial charge in [0.1, 0.15) is 19.3 Å². The highest BCUT2D eigenvalue weighted by Crippen LogP contribution is 2.39. The van der Waals surface area contributed by atoms with Crippen LogP contribution in [-0.2, 0) is 6.61 Å². The molecule has 3 heterocycles. The molecule has 3 aromatic carbocycles. The van der Waals surface area contributed by atoms with Gasteiger partial charge in [0.15, 0.2) is 23.0 Å². The molecule has 4 aromatic rings. The molecular formula is C35H36FN3O4. The normalized spacial score (nSPS) is 20.3. The molecule has 0 radical (unpaired) electrons. The molecule has 2 bridgehead atoms. The monoisotopic (exact) mass is 581 g/mol. The Bertz CT molecular complexity index is 1640. The van der Waals surface area contributed by atoms with Gasteiger partial charge >= 0.3 is 0 Å². The third-order valence-electron chi connectivity index (χ3n) is 8.45. The number of carbonyl (C=O) groups is 1. The molecule has 3 atom stereocenters. The van der Waals surface area contributed by atoms with Crippen LogP contribution in [0.2, 0.25) is 0 Å². The van der Waals surface area contributed by atoms with Gasteiger partial charge in [-0.15, -0.1) is 0 Å². The van der Waals surface area contributed by atoms with Crippen LogP contribution in [0.3, 0.4) is 0 Å². The van der Waals surface area contributed by atoms with E-state index in [0.717, 1.165) is 24.0 Å². The fraction of sp³-hybridized carbons (Fsp3) is 0.314. The highest BCUT2D eigenvalue weighted by Gasteiger charge is 2.41. The number of para-hydroxylation sites is 1. The Hall–Kier alpha value is -4.59. The molecule has 1 aromatic heterocycles. The summed E-state index contributed by atoms with van der Waals surface area (Å²) < 4.78 is 29.6. The van der Waals surface area contributed by atoms with Crippen LogP contribution < -0.4 is 19.9 Å². The summed E-state index contributed by atoms with van der Waals surface area (Å²) in [5.74, 6) is -0.270. The summed E-state index contributed by atoms with van der Waals surface area (Å²) in [5.41, 5.74) is 2.21. The lowest BCUT2D eigenvalue weighted by Gasteiger charge is -2.47. The number of hydrogen-bond donors (Lipinski definition) is 0. The zero-order valence-corrected chi connectivity index (χ0v) is 24.5. The molecule has 2 unspecified atom stereocenters. The lowest BCUT2D eigenvalue weighted by atomic mass is 9.94. The maximum atomic E-state index is 15.5. The van der Waals surface area contributed by atoms with Crippen molar-refractivity contribution in [1.82, 2.24) is 9.58 Å². The number of hydrogen-bond acceptors (Lipinski definition) is 5. The molecule has 1 amide bonds. The molecule has 6 rings (SSSR count). The number of benzene rings is 3. The van der Waals surface area contributed by atoms with E-state index in [0.29, 0.717) is 18.6 Å². The van der Waals surface area contributed by atoms with Gasteiger partial charge in [0.25, 0.3) is 5.91 Å². The summed E-state index contributed by atoms with van der Waals surface area (Å²) in [5, 5.41) is 2.01. The number of aromatic nitrogens is 1. The molecular weight excluding hydrogens is 545 g/mol. The standard InChI is InChI=1S/C35H36FN3O4/c1-3-27-21-24(2)18-20-42-33-28(15-10-16-29(33)36)31(26-13-8-5-9-14-26)39-23-37(27)35(41)32-34(30(40)17-19-38(32)39)43-22-25-11-6-4-7-12-25/h4-17,19,24,27,31H,3,18,20-23H2,1-2H3/t24-,27?,31?/m1/s1. The van der Waals surface area contributed by atoms with Gasteiger partial charge in [-0.25, -0.2) is 4.39 Å². The van der Waals surface area contributed by atoms with Crippen LogP contribution in [0.25, 0.3) is 0 Å². The van der Waals surface area contributed by atoms with Gasteiger partial charge in [-0.05, 0) is 42.4 Å². The fourth-order valence-electron chi connectivity index (χ4n) is 6.20. The minimum atomic E-state index is -0.542. The second-order valence-electron chi connectivity index (χ2n) is 11.3. The number of fused-ring (bicyclic) bond motifs is 5. The number of amides is 1. The summed E-state index contributed by atoms with van der Waals surface area (Å²) in [6, 6.07) is 25.1. The minimum Gasteiger partial charge on any atom is -0.490 e. The van der Waals surface area contributed by atoms with Crippen molar-refractivity contribution in [2.75, 3.05) is 18.3 Å². The third-order valence-corrected chi connectivity index (χ3v) is 8.45. The first-order valence-electron chi connectivity index (χ1n) is 14.9. The molecule has 0 aliphatic carbocycles. The lowest BCUT2D eigenvalue weighted by molar-refractivity contribution is 0.0543. The van der Waals surface area contributed by atoms with Crippen LogP contribution in [0.15, 0.2) is 95.9 Å². The van der Waals surface area contributed by atoms with E-state index in [2.05, 4.69) is 13.8 Å². The van der Waals surface area contributed by atoms with E-state index in [9.17, 15) is 9.59 Å². The van der Waals surface area contributed by atoms with Crippen molar-refractivity contribution in [2.45, 2.75) is 51.8 Å². The molecule has 0 spiro atoms. The number of rotatable bonds is 5. The second kappa shape index (κ2) is 12.3. The molecule has 2 aliphatic heterocycles. The van der Waals surface area contributed by atoms with Crippen LogP contribution in [0, 0.1) is 11.7 Å². The van der Waals surface area contributed by atoms with E-state index in [-0.39, 0.29) is 53.8 Å². The van der Waals surface area contributed by atoms with E-state index in [1.807, 2.05) is 76.6 Å². The van der Waals surface area contributed by atoms with Crippen LogP contribution >= 0.6 is 0 Å². The lowest BCUT2D eigenvalue weighted by Crippen LogP contribution is -2.58. The Morgan fingerprint density at radius 3 is 2.44 bits per heavy atom. The number of nitrogens with zero attached hydrogens (tertiary/aromatic N) is 3. The quantitative estimate of drug-likeness (QED) is 0.277. The number of pyridine rings is 1. The summed E-state index contributed by atoms with van der Waals surface area (Å²) >= 11 is 0. The molecule has 0 fully saturated rings. The van der Waals surface area contributed by atoms with Crippen molar-refractivity contribution in [3.63, 3.8) is 0 Å². The maximum Gasteiger partial charge on any atom is 0.278 e. The SMILES string of the molecule is CCC1C[C@H](C)CCOc2c(F)cccc2C(c2ccccc2)N2CN1C(=O)c1c(OCc3ccccc3)c(=O)ccn12. The molecule has 222 valence electrons. The van der Waals surface area contributed by atoms with Crippen molar-refractivity contribution in [3.05, 3.63) is 130 Å². The van der Waals surface area contributed by atoms with Crippen molar-refractivity contribution in [1.29, 1.82) is 0 Å². The fourth-order valence-corrected chi connectivity index (χ4v) is 6.20. The van der Waals surface area contributed by atoms with Gasteiger partial charge in [0.2, 0.25) is 5.43 Å². The van der Waals surface area contributed by atoms with E-state index in [1.165, 1.54) is 12.1 Å². The summed E-state index contributed by atoms with van der Waals surface area (Å²) in [6.45, 7) is 4.94. The number of halogens is 1. The van der Waals surface area contributed by atoms with Gasteiger partial charge < -0.3 is 14.4 Å². The zero-order chi connectivity index (χ0) is 29.9. The second-order valence-corrected chi connectivity index (χ2v) is 11.3. The summed E-state index contributed by atoms with van der Waals surface area (Å²) in [6.07, 6.45) is 3.82. The first-order valence-corrected chi connectivity index (χ1v) is 14.9. The van der Waals surface area contributed by atoms with Crippen LogP contribution in [0.5, 0.6) is 11.5 Å². The maximum absolute atomic E-state index is 15.5. The average Bonchev–Trinajstić information content (AvgIpc) is 3.02. The third kappa shape index (κ3) is 5.61. The van der Waals surface area contributed by atoms with Crippen molar-refractivity contribution >= 4 is 5.91 Å². The van der Waals surface area contributed by atoms with Gasteiger partial charge in [0.05, 0.1) is 6.61 Å². The van der Waals surface area contributed by atoms with E-state index >= 15 is 4.39 Å². The first-order chi connectivity index (χ1) is 21.0. The molecule has 0 saturated heterocycles. The van der Waals surface area contributed by atoms with Crippen molar-refractivity contribution in [2.24, 2.45) is 5.92 Å². The highest BCUT2D eigenvalue weighted by atomic mass is 19.1. The Balaban J connectivity index is 1.58. The first kappa shape index (κ1) is 28.5. The predicted octanol–water partition coefficient (Wildman–Crippen LogP) is 6.29. The Labute approximate surface area is 251 Å². The van der Waals surface area contributed by atoms with Gasteiger partial charge in [-0.1, -0.05) is 86.6 Å². The number of carbonyl (C=O) groups excluding carboxylic acids is 1. The average molecular weight is 582 g/mol. The predicted molar refractivity (Wildman–Crippen MR) is 163 cm³/mol. The molecule has 8 heteroatoms. The van der Waals surface area contributed by atoms with Crippen LogP contribution in [-0.4, -0.2) is 34.8 Å². The minimum absolute atomic E-state index is 0.00331. The zero-order valence-electron chi connectivity index (χ0n) is 24.5. The summed E-state index contributed by atoms with van der Waals surface area (Å²) in [4.78, 5) is 29.6. The largest absolute Gasteiger partial charge is 0.490 e. The molecule has 43 heavy (non-hydrogen) atoms. The van der Waals surface area contributed by atoms with E-state index in [1.54, 1.807) is 16.9 Å². The summed E-state index contributed by atoms with van der Waals surface area (Å²) in [7, 11) is 0. The van der Waals surface area contributed by atoms with Gasteiger partial charge in [-0.2, -0.15) is 0 Å². The van der Waals surface area contributed by atoms with E-state index < -0.39 is 11.9 Å². The van der Waals surface area contributed by atoms with Gasteiger partial charge in [0, 0.05) is 23.9 Å². The Kier molecular flexibility index (Phi) is 8.18. The van der Waals surface area contributed by atoms with Crippen molar-refractivity contribution in [3.8, 4) is 11.5 Å². The molecule has 2 aliphatic rings. The topological polar surface area (TPSA) is 64.0 Å². The smallest absolute Gasteiger partial charge is 0.278 e. The van der Waals surface area contributed by atoms with Gasteiger partial charge in [-0.3, -0.25) is 19.3 Å².